The summed E-state index contributed by atoms with van der Waals surface area (Å²) in [5, 5.41) is 3.03. The third kappa shape index (κ3) is 3.61. The molecule has 1 aliphatic rings. The number of hydrogen-bond donors (Lipinski definition) is 1. The maximum absolute atomic E-state index is 13.3. The first-order valence-electron chi connectivity index (χ1n) is 6.34. The summed E-state index contributed by atoms with van der Waals surface area (Å²) >= 11 is 0. The first kappa shape index (κ1) is 15.1. The lowest BCUT2D eigenvalue weighted by Gasteiger charge is -2.11. The molecule has 1 unspecified atom stereocenters. The maximum Gasteiger partial charge on any atom is 0.203 e. The number of ether oxygens (including phenoxy) is 2. The molecule has 1 heterocycles. The average molecular weight is 293 g/mol. The predicted molar refractivity (Wildman–Crippen MR) is 63.6 cm³/mol. The van der Waals surface area contributed by atoms with Crippen molar-refractivity contribution in [3.63, 3.8) is 0 Å². The van der Waals surface area contributed by atoms with E-state index in [9.17, 15) is 17.6 Å². The molecule has 1 N–H and O–H groups in total. The molecule has 7 heteroatoms. The summed E-state index contributed by atoms with van der Waals surface area (Å²) in [6, 6.07) is 0.149. The van der Waals surface area contributed by atoms with E-state index in [1.165, 1.54) is 0 Å². The largest absolute Gasteiger partial charge is 0.486 e. The predicted octanol–water partition coefficient (Wildman–Crippen LogP) is 2.25. The summed E-state index contributed by atoms with van der Waals surface area (Å²) in [5.41, 5.74) is 0. The SMILES string of the molecule is Fc1cc(F)c(F)c(OCCNCC2CCOC2)c1F. The van der Waals surface area contributed by atoms with E-state index < -0.39 is 29.0 Å². The minimum Gasteiger partial charge on any atom is -0.486 e. The second-order valence-corrected chi connectivity index (χ2v) is 4.58. The summed E-state index contributed by atoms with van der Waals surface area (Å²) in [6.45, 7) is 2.34. The van der Waals surface area contributed by atoms with Crippen LogP contribution in [0.25, 0.3) is 0 Å². The summed E-state index contributed by atoms with van der Waals surface area (Å²) in [6.07, 6.45) is 0.965. The van der Waals surface area contributed by atoms with Crippen molar-refractivity contribution in [2.45, 2.75) is 6.42 Å². The van der Waals surface area contributed by atoms with E-state index in [0.717, 1.165) is 13.0 Å². The van der Waals surface area contributed by atoms with Crippen molar-refractivity contribution in [2.24, 2.45) is 5.92 Å². The van der Waals surface area contributed by atoms with Gasteiger partial charge in [0.05, 0.1) is 6.61 Å². The van der Waals surface area contributed by atoms with Crippen molar-refractivity contribution in [1.29, 1.82) is 0 Å². The van der Waals surface area contributed by atoms with E-state index in [0.29, 0.717) is 25.6 Å². The van der Waals surface area contributed by atoms with Gasteiger partial charge in [-0.15, -0.1) is 0 Å². The van der Waals surface area contributed by atoms with Crippen LogP contribution >= 0.6 is 0 Å². The smallest absolute Gasteiger partial charge is 0.203 e. The van der Waals surface area contributed by atoms with Gasteiger partial charge >= 0.3 is 0 Å². The monoisotopic (exact) mass is 293 g/mol. The Morgan fingerprint density at radius 3 is 2.50 bits per heavy atom. The molecule has 0 bridgehead atoms. The third-order valence-corrected chi connectivity index (χ3v) is 3.05. The number of nitrogens with one attached hydrogen (secondary N) is 1. The van der Waals surface area contributed by atoms with Gasteiger partial charge in [0, 0.05) is 25.8 Å². The highest BCUT2D eigenvalue weighted by molar-refractivity contribution is 5.28. The summed E-state index contributed by atoms with van der Waals surface area (Å²) < 4.78 is 62.3. The Morgan fingerprint density at radius 1 is 1.20 bits per heavy atom. The molecule has 0 spiro atoms. The molecule has 0 saturated carbocycles. The van der Waals surface area contributed by atoms with E-state index in [4.69, 9.17) is 9.47 Å². The molecule has 1 fully saturated rings. The lowest BCUT2D eigenvalue weighted by Crippen LogP contribution is -2.27. The van der Waals surface area contributed by atoms with Gasteiger partial charge in [-0.3, -0.25) is 0 Å². The van der Waals surface area contributed by atoms with Crippen molar-refractivity contribution >= 4 is 0 Å². The van der Waals surface area contributed by atoms with Gasteiger partial charge in [-0.05, 0) is 12.3 Å². The molecule has 0 amide bonds. The fourth-order valence-corrected chi connectivity index (χ4v) is 1.95. The van der Waals surface area contributed by atoms with E-state index in [-0.39, 0.29) is 12.7 Å². The van der Waals surface area contributed by atoms with E-state index >= 15 is 0 Å². The van der Waals surface area contributed by atoms with Gasteiger partial charge in [-0.2, -0.15) is 8.78 Å². The molecular weight excluding hydrogens is 278 g/mol. The third-order valence-electron chi connectivity index (χ3n) is 3.05. The van der Waals surface area contributed by atoms with Crippen LogP contribution in [0.15, 0.2) is 6.07 Å². The molecule has 1 aliphatic heterocycles. The topological polar surface area (TPSA) is 30.5 Å². The van der Waals surface area contributed by atoms with Crippen LogP contribution in [0.5, 0.6) is 5.75 Å². The Morgan fingerprint density at radius 2 is 1.90 bits per heavy atom. The van der Waals surface area contributed by atoms with Crippen molar-refractivity contribution in [3.05, 3.63) is 29.3 Å². The van der Waals surface area contributed by atoms with Crippen molar-refractivity contribution in [3.8, 4) is 5.75 Å². The molecule has 0 aliphatic carbocycles. The van der Waals surface area contributed by atoms with Crippen LogP contribution in [0.3, 0.4) is 0 Å². The Balaban J connectivity index is 1.79. The molecule has 112 valence electrons. The molecule has 20 heavy (non-hydrogen) atoms. The van der Waals surface area contributed by atoms with Crippen LogP contribution in [0.2, 0.25) is 0 Å². The number of benzene rings is 1. The van der Waals surface area contributed by atoms with E-state index in [2.05, 4.69) is 5.32 Å². The number of hydrogen-bond acceptors (Lipinski definition) is 3. The van der Waals surface area contributed by atoms with Crippen molar-refractivity contribution in [1.82, 2.24) is 5.32 Å². The Labute approximate surface area is 113 Å². The summed E-state index contributed by atoms with van der Waals surface area (Å²) in [7, 11) is 0. The molecule has 0 radical (unpaired) electrons. The van der Waals surface area contributed by atoms with E-state index in [1.54, 1.807) is 0 Å². The van der Waals surface area contributed by atoms with Crippen LogP contribution in [0.1, 0.15) is 6.42 Å². The Kier molecular flexibility index (Phi) is 5.19. The van der Waals surface area contributed by atoms with Crippen LogP contribution in [-0.2, 0) is 4.74 Å². The second-order valence-electron chi connectivity index (χ2n) is 4.58. The lowest BCUT2D eigenvalue weighted by molar-refractivity contribution is 0.184. The molecule has 1 atom stereocenters. The van der Waals surface area contributed by atoms with Gasteiger partial charge in [-0.25, -0.2) is 8.78 Å². The zero-order valence-corrected chi connectivity index (χ0v) is 10.7. The van der Waals surface area contributed by atoms with Crippen LogP contribution < -0.4 is 10.1 Å². The normalized spacial score (nSPS) is 18.5. The van der Waals surface area contributed by atoms with Gasteiger partial charge in [-0.1, -0.05) is 0 Å². The van der Waals surface area contributed by atoms with Gasteiger partial charge in [0.25, 0.3) is 0 Å². The fraction of sp³-hybridized carbons (Fsp3) is 0.538. The Hall–Kier alpha value is -1.34. The van der Waals surface area contributed by atoms with Crippen molar-refractivity contribution < 1.29 is 27.0 Å². The first-order valence-corrected chi connectivity index (χ1v) is 6.34. The Bertz CT molecular complexity index is 438. The van der Waals surface area contributed by atoms with Crippen LogP contribution in [0.4, 0.5) is 17.6 Å². The summed E-state index contributed by atoms with van der Waals surface area (Å²) in [4.78, 5) is 0. The quantitative estimate of drug-likeness (QED) is 0.496. The van der Waals surface area contributed by atoms with Crippen LogP contribution in [0, 0.1) is 29.2 Å². The molecule has 1 aromatic rings. The highest BCUT2D eigenvalue weighted by atomic mass is 19.2. The minimum atomic E-state index is -1.52. The average Bonchev–Trinajstić information content (AvgIpc) is 2.93. The first-order chi connectivity index (χ1) is 9.59. The maximum atomic E-state index is 13.3. The van der Waals surface area contributed by atoms with Crippen LogP contribution in [-0.4, -0.2) is 32.9 Å². The second kappa shape index (κ2) is 6.90. The minimum absolute atomic E-state index is 0.0929. The zero-order chi connectivity index (χ0) is 14.5. The zero-order valence-electron chi connectivity index (χ0n) is 10.7. The van der Waals surface area contributed by atoms with E-state index in [1.807, 2.05) is 0 Å². The molecule has 3 nitrogen and oxygen atoms in total. The van der Waals surface area contributed by atoms with Gasteiger partial charge in [0.2, 0.25) is 11.6 Å². The highest BCUT2D eigenvalue weighted by Gasteiger charge is 2.20. The number of rotatable bonds is 6. The van der Waals surface area contributed by atoms with Gasteiger partial charge in [0.1, 0.15) is 6.61 Å². The molecule has 1 saturated heterocycles. The molecule has 2 rings (SSSR count). The fourth-order valence-electron chi connectivity index (χ4n) is 1.95. The molecule has 1 aromatic carbocycles. The van der Waals surface area contributed by atoms with Gasteiger partial charge in [0.15, 0.2) is 17.4 Å². The number of halogens is 4. The molecular formula is C13H15F4NO2. The summed E-state index contributed by atoms with van der Waals surface area (Å²) in [5.74, 6) is -6.60. The lowest BCUT2D eigenvalue weighted by atomic mass is 10.1. The van der Waals surface area contributed by atoms with Gasteiger partial charge < -0.3 is 14.8 Å². The highest BCUT2D eigenvalue weighted by Crippen LogP contribution is 2.26. The standard InChI is InChI=1S/C13H15F4NO2/c14-9-5-10(15)12(17)13(11(9)16)20-4-2-18-6-8-1-3-19-7-8/h5,8,18H,1-4,6-7H2. The van der Waals surface area contributed by atoms with Crippen molar-refractivity contribution in [2.75, 3.05) is 32.9 Å². The molecule has 0 aromatic heterocycles.